The summed E-state index contributed by atoms with van der Waals surface area (Å²) in [5.41, 5.74) is 5.58. The Labute approximate surface area is 93.2 Å². The predicted octanol–water partition coefficient (Wildman–Crippen LogP) is 0.816. The molecule has 7 nitrogen and oxygen atoms in total. The van der Waals surface area contributed by atoms with Gasteiger partial charge in [0.2, 0.25) is 6.39 Å². The van der Waals surface area contributed by atoms with Crippen LogP contribution in [0.5, 0.6) is 0 Å². The molecule has 8 heteroatoms. The fourth-order valence-electron chi connectivity index (χ4n) is 0.940. The van der Waals surface area contributed by atoms with E-state index in [1.54, 1.807) is 0 Å². The predicted molar refractivity (Wildman–Crippen MR) is 55.8 cm³/mol. The number of nitrogens with one attached hydrogen (secondary N) is 1. The van der Waals surface area contributed by atoms with Gasteiger partial charge in [0.1, 0.15) is 22.4 Å². The van der Waals surface area contributed by atoms with Crippen LogP contribution < -0.4 is 11.1 Å². The molecule has 0 radical (unpaired) electrons. The van der Waals surface area contributed by atoms with Gasteiger partial charge in [0.05, 0.1) is 6.54 Å². The van der Waals surface area contributed by atoms with E-state index in [-0.39, 0.29) is 0 Å². The van der Waals surface area contributed by atoms with Crippen molar-refractivity contribution in [3.8, 4) is 0 Å². The molecule has 0 aliphatic heterocycles. The van der Waals surface area contributed by atoms with Crippen molar-refractivity contribution in [2.24, 2.45) is 0 Å². The van der Waals surface area contributed by atoms with Gasteiger partial charge in [0.15, 0.2) is 5.82 Å². The van der Waals surface area contributed by atoms with Crippen LogP contribution in [-0.4, -0.2) is 20.1 Å². The van der Waals surface area contributed by atoms with Gasteiger partial charge in [-0.25, -0.2) is 9.97 Å². The van der Waals surface area contributed by atoms with Crippen LogP contribution >= 0.6 is 15.9 Å². The third-order valence-corrected chi connectivity index (χ3v) is 2.42. The molecule has 78 valence electrons. The Morgan fingerprint density at radius 2 is 2.27 bits per heavy atom. The maximum Gasteiger partial charge on any atom is 0.213 e. The number of aromatic nitrogens is 4. The first kappa shape index (κ1) is 9.84. The molecule has 0 aliphatic rings. The number of hydrogen-bond donors (Lipinski definition) is 2. The van der Waals surface area contributed by atoms with Crippen molar-refractivity contribution >= 4 is 27.6 Å². The fraction of sp³-hybridized carbons (Fsp3) is 0.143. The SMILES string of the molecule is Nc1ncnc(NCc2ncon2)c1Br. The molecule has 0 spiro atoms. The summed E-state index contributed by atoms with van der Waals surface area (Å²) in [6, 6.07) is 0. The Kier molecular flexibility index (Phi) is 2.77. The number of rotatable bonds is 3. The summed E-state index contributed by atoms with van der Waals surface area (Å²) < 4.78 is 5.21. The first-order valence-corrected chi connectivity index (χ1v) is 4.82. The second kappa shape index (κ2) is 4.22. The van der Waals surface area contributed by atoms with Crippen molar-refractivity contribution in [1.29, 1.82) is 0 Å². The summed E-state index contributed by atoms with van der Waals surface area (Å²) in [4.78, 5) is 11.7. The topological polar surface area (TPSA) is 103 Å². The third-order valence-electron chi connectivity index (χ3n) is 1.64. The van der Waals surface area contributed by atoms with Crippen molar-refractivity contribution in [3.05, 3.63) is 23.0 Å². The minimum atomic E-state index is 0.376. The monoisotopic (exact) mass is 270 g/mol. The Morgan fingerprint density at radius 1 is 1.40 bits per heavy atom. The van der Waals surface area contributed by atoms with E-state index in [4.69, 9.17) is 5.73 Å². The van der Waals surface area contributed by atoms with E-state index in [0.717, 1.165) is 0 Å². The molecular formula is C7H7BrN6O. The molecule has 3 N–H and O–H groups in total. The number of hydrogen-bond acceptors (Lipinski definition) is 7. The Morgan fingerprint density at radius 3 is 3.00 bits per heavy atom. The number of nitrogen functional groups attached to an aromatic ring is 1. The number of anilines is 2. The van der Waals surface area contributed by atoms with Gasteiger partial charge in [0.25, 0.3) is 0 Å². The molecule has 0 bridgehead atoms. The largest absolute Gasteiger partial charge is 0.383 e. The molecule has 2 heterocycles. The van der Waals surface area contributed by atoms with Crippen LogP contribution in [0.1, 0.15) is 5.82 Å². The molecule has 0 aliphatic carbocycles. The zero-order chi connectivity index (χ0) is 10.7. The summed E-state index contributed by atoms with van der Waals surface area (Å²) in [6.07, 6.45) is 2.64. The van der Waals surface area contributed by atoms with Gasteiger partial charge in [0, 0.05) is 0 Å². The molecule has 15 heavy (non-hydrogen) atoms. The average molecular weight is 271 g/mol. The third kappa shape index (κ3) is 2.21. The highest BCUT2D eigenvalue weighted by atomic mass is 79.9. The number of halogens is 1. The summed E-state index contributed by atoms with van der Waals surface area (Å²) >= 11 is 3.27. The molecule has 2 aromatic heterocycles. The molecule has 0 atom stereocenters. The van der Waals surface area contributed by atoms with Crippen LogP contribution in [0.4, 0.5) is 11.6 Å². The average Bonchev–Trinajstić information content (AvgIpc) is 2.73. The second-order valence-corrected chi connectivity index (χ2v) is 3.42. The first-order chi connectivity index (χ1) is 7.27. The molecule has 0 saturated carbocycles. The number of nitrogens with zero attached hydrogens (tertiary/aromatic N) is 4. The normalized spacial score (nSPS) is 10.2. The van der Waals surface area contributed by atoms with E-state index in [2.05, 4.69) is 45.9 Å². The highest BCUT2D eigenvalue weighted by Crippen LogP contribution is 2.23. The van der Waals surface area contributed by atoms with Gasteiger partial charge >= 0.3 is 0 Å². The Balaban J connectivity index is 2.08. The standard InChI is InChI=1S/C7H7BrN6O/c8-5-6(9)11-2-12-7(5)10-1-4-13-3-15-14-4/h2-3H,1H2,(H3,9,10,11,12). The molecular weight excluding hydrogens is 264 g/mol. The van der Waals surface area contributed by atoms with Crippen LogP contribution in [0.3, 0.4) is 0 Å². The van der Waals surface area contributed by atoms with Gasteiger partial charge in [-0.3, -0.25) is 0 Å². The van der Waals surface area contributed by atoms with Crippen molar-refractivity contribution in [2.75, 3.05) is 11.1 Å². The van der Waals surface area contributed by atoms with Crippen molar-refractivity contribution in [1.82, 2.24) is 20.1 Å². The molecule has 0 fully saturated rings. The lowest BCUT2D eigenvalue weighted by molar-refractivity contribution is 0.411. The maximum absolute atomic E-state index is 5.58. The maximum atomic E-state index is 5.58. The van der Waals surface area contributed by atoms with E-state index < -0.39 is 0 Å². The van der Waals surface area contributed by atoms with Crippen LogP contribution in [0.15, 0.2) is 21.7 Å². The molecule has 2 aromatic rings. The molecule has 0 saturated heterocycles. The van der Waals surface area contributed by atoms with E-state index in [9.17, 15) is 0 Å². The molecule has 0 aromatic carbocycles. The second-order valence-electron chi connectivity index (χ2n) is 2.62. The van der Waals surface area contributed by atoms with Crippen LogP contribution in [-0.2, 0) is 6.54 Å². The van der Waals surface area contributed by atoms with Crippen molar-refractivity contribution in [2.45, 2.75) is 6.54 Å². The summed E-state index contributed by atoms with van der Waals surface area (Å²) in [6.45, 7) is 0.408. The summed E-state index contributed by atoms with van der Waals surface area (Å²) in [5.74, 6) is 1.51. The lowest BCUT2D eigenvalue weighted by Crippen LogP contribution is -2.05. The van der Waals surface area contributed by atoms with Gasteiger partial charge < -0.3 is 15.6 Å². The minimum absolute atomic E-state index is 0.376. The van der Waals surface area contributed by atoms with Gasteiger partial charge in [-0.2, -0.15) is 4.98 Å². The quantitative estimate of drug-likeness (QED) is 0.851. The lowest BCUT2D eigenvalue weighted by Gasteiger charge is -2.05. The summed E-state index contributed by atoms with van der Waals surface area (Å²) in [5, 5.41) is 6.64. The highest BCUT2D eigenvalue weighted by Gasteiger charge is 2.06. The zero-order valence-corrected chi connectivity index (χ0v) is 9.10. The molecule has 0 unspecified atom stereocenters. The number of nitrogens with two attached hydrogens (primary N) is 1. The highest BCUT2D eigenvalue weighted by molar-refractivity contribution is 9.10. The molecule has 2 rings (SSSR count). The minimum Gasteiger partial charge on any atom is -0.383 e. The fourth-order valence-corrected chi connectivity index (χ4v) is 1.28. The summed E-state index contributed by atoms with van der Waals surface area (Å²) in [7, 11) is 0. The van der Waals surface area contributed by atoms with Crippen molar-refractivity contribution in [3.63, 3.8) is 0 Å². The van der Waals surface area contributed by atoms with E-state index in [0.29, 0.717) is 28.5 Å². The van der Waals surface area contributed by atoms with Crippen LogP contribution in [0.25, 0.3) is 0 Å². The van der Waals surface area contributed by atoms with Crippen LogP contribution in [0, 0.1) is 0 Å². The van der Waals surface area contributed by atoms with Gasteiger partial charge in [-0.05, 0) is 15.9 Å². The van der Waals surface area contributed by atoms with Gasteiger partial charge in [-0.15, -0.1) is 0 Å². The van der Waals surface area contributed by atoms with E-state index >= 15 is 0 Å². The van der Waals surface area contributed by atoms with E-state index in [1.807, 2.05) is 0 Å². The van der Waals surface area contributed by atoms with Crippen LogP contribution in [0.2, 0.25) is 0 Å². The first-order valence-electron chi connectivity index (χ1n) is 4.02. The van der Waals surface area contributed by atoms with Crippen molar-refractivity contribution < 1.29 is 4.52 Å². The van der Waals surface area contributed by atoms with Gasteiger partial charge in [-0.1, -0.05) is 5.16 Å². The van der Waals surface area contributed by atoms with E-state index in [1.165, 1.54) is 12.7 Å². The Bertz CT molecular complexity index is 445. The Hall–Kier alpha value is -1.70. The smallest absolute Gasteiger partial charge is 0.213 e. The lowest BCUT2D eigenvalue weighted by atomic mass is 10.5. The zero-order valence-electron chi connectivity index (χ0n) is 7.51. The molecule has 0 amide bonds.